The van der Waals surface area contributed by atoms with Crippen LogP contribution in [0.25, 0.3) is 10.9 Å². The van der Waals surface area contributed by atoms with Crippen molar-refractivity contribution in [2.24, 2.45) is 7.05 Å². The fourth-order valence-electron chi connectivity index (χ4n) is 4.25. The van der Waals surface area contributed by atoms with E-state index >= 15 is 0 Å². The third-order valence-corrected chi connectivity index (χ3v) is 6.33. The maximum atomic E-state index is 13.5. The molecule has 7 nitrogen and oxygen atoms in total. The maximum Gasteiger partial charge on any atom is 0.257 e. The number of morpholine rings is 1. The van der Waals surface area contributed by atoms with E-state index in [4.69, 9.17) is 16.3 Å². The molecule has 188 valence electrons. The number of aryl methyl sites for hydroxylation is 1. The van der Waals surface area contributed by atoms with E-state index in [9.17, 15) is 14.7 Å². The third kappa shape index (κ3) is 6.34. The normalized spacial score (nSPS) is 14.8. The fourth-order valence-corrected chi connectivity index (χ4v) is 4.37. The third-order valence-electron chi connectivity index (χ3n) is 6.08. The lowest BCUT2D eigenvalue weighted by Gasteiger charge is -2.26. The lowest BCUT2D eigenvalue weighted by Crippen LogP contribution is -2.35. The van der Waals surface area contributed by atoms with Crippen LogP contribution in [-0.2, 0) is 24.9 Å². The van der Waals surface area contributed by atoms with Crippen LogP contribution in [0, 0.1) is 11.8 Å². The molecule has 0 aliphatic carbocycles. The van der Waals surface area contributed by atoms with Gasteiger partial charge in [-0.15, -0.1) is 0 Å². The lowest BCUT2D eigenvalue weighted by atomic mass is 10.0. The first-order valence-corrected chi connectivity index (χ1v) is 12.4. The average Bonchev–Trinajstić information content (AvgIpc) is 2.86. The molecule has 0 spiro atoms. The van der Waals surface area contributed by atoms with E-state index in [1.165, 1.54) is 0 Å². The van der Waals surface area contributed by atoms with Gasteiger partial charge in [-0.1, -0.05) is 35.6 Å². The van der Waals surface area contributed by atoms with Crippen LogP contribution in [0.4, 0.5) is 0 Å². The highest BCUT2D eigenvalue weighted by atomic mass is 35.5. The minimum Gasteiger partial charge on any atom is -0.392 e. The monoisotopic (exact) mass is 507 g/mol. The molecule has 0 bridgehead atoms. The number of rotatable bonds is 6. The van der Waals surface area contributed by atoms with Gasteiger partial charge < -0.3 is 19.7 Å². The second kappa shape index (κ2) is 11.7. The number of pyridine rings is 1. The van der Waals surface area contributed by atoms with Crippen LogP contribution < -0.4 is 10.7 Å². The van der Waals surface area contributed by atoms with Gasteiger partial charge in [-0.2, -0.15) is 0 Å². The summed E-state index contributed by atoms with van der Waals surface area (Å²) < 4.78 is 7.23. The first kappa shape index (κ1) is 25.9. The van der Waals surface area contributed by atoms with Crippen molar-refractivity contribution in [2.75, 3.05) is 26.3 Å². The van der Waals surface area contributed by atoms with Crippen molar-refractivity contribution < 1.29 is 14.6 Å². The van der Waals surface area contributed by atoms with Crippen LogP contribution in [0.5, 0.6) is 0 Å². The Bertz CT molecular complexity index is 1360. The predicted octanol–water partition coefficient (Wildman–Crippen LogP) is 3.08. The van der Waals surface area contributed by atoms with Crippen LogP contribution in [-0.4, -0.2) is 52.9 Å². The molecule has 2 N–H and O–H groups in total. The molecule has 2 heterocycles. The largest absolute Gasteiger partial charge is 0.392 e. The number of nitrogens with one attached hydrogen (secondary N) is 1. The van der Waals surface area contributed by atoms with E-state index in [1.807, 2.05) is 24.3 Å². The second-order valence-electron chi connectivity index (χ2n) is 9.07. The van der Waals surface area contributed by atoms with Crippen LogP contribution in [0.3, 0.4) is 0 Å². The smallest absolute Gasteiger partial charge is 0.257 e. The summed E-state index contributed by atoms with van der Waals surface area (Å²) in [6, 6.07) is 11.0. The quantitative estimate of drug-likeness (QED) is 0.501. The molecule has 2 aromatic carbocycles. The molecular weight excluding hydrogens is 478 g/mol. The minimum atomic E-state index is -0.542. The molecule has 8 heteroatoms. The van der Waals surface area contributed by atoms with E-state index in [2.05, 4.69) is 22.1 Å². The van der Waals surface area contributed by atoms with Gasteiger partial charge in [0, 0.05) is 61.8 Å². The van der Waals surface area contributed by atoms with E-state index < -0.39 is 12.0 Å². The van der Waals surface area contributed by atoms with E-state index in [0.29, 0.717) is 47.7 Å². The Kier molecular flexibility index (Phi) is 8.44. The number of aromatic nitrogens is 1. The number of hydrogen-bond acceptors (Lipinski definition) is 5. The summed E-state index contributed by atoms with van der Waals surface area (Å²) >= 11 is 5.94. The molecule has 0 radical (unpaired) electrons. The molecule has 1 amide bonds. The number of nitrogens with zero attached hydrogens (tertiary/aromatic N) is 2. The van der Waals surface area contributed by atoms with Crippen molar-refractivity contribution in [3.8, 4) is 11.8 Å². The summed E-state index contributed by atoms with van der Waals surface area (Å²) in [5, 5.41) is 13.5. The number of halogens is 1. The highest BCUT2D eigenvalue weighted by molar-refractivity contribution is 6.30. The number of carbonyl (C=O) groups is 1. The Labute approximate surface area is 215 Å². The van der Waals surface area contributed by atoms with Crippen LogP contribution in [0.2, 0.25) is 5.02 Å². The average molecular weight is 508 g/mol. The first-order chi connectivity index (χ1) is 17.3. The number of hydrogen-bond donors (Lipinski definition) is 2. The fraction of sp³-hybridized carbons (Fsp3) is 0.357. The van der Waals surface area contributed by atoms with Crippen LogP contribution >= 0.6 is 11.6 Å². The molecule has 1 saturated heterocycles. The maximum absolute atomic E-state index is 13.5. The molecule has 1 aliphatic rings. The van der Waals surface area contributed by atoms with Gasteiger partial charge in [0.05, 0.1) is 24.8 Å². The number of aliphatic hydroxyl groups is 1. The molecule has 36 heavy (non-hydrogen) atoms. The number of ether oxygens (including phenoxy) is 1. The number of benzene rings is 2. The number of carbonyl (C=O) groups excluding carboxylic acids is 1. The number of amides is 1. The van der Waals surface area contributed by atoms with Gasteiger partial charge in [-0.25, -0.2) is 0 Å². The summed E-state index contributed by atoms with van der Waals surface area (Å²) in [4.78, 5) is 28.8. The number of aliphatic hydroxyl groups excluding tert-OH is 1. The highest BCUT2D eigenvalue weighted by Gasteiger charge is 2.18. The van der Waals surface area contributed by atoms with Crippen molar-refractivity contribution in [3.63, 3.8) is 0 Å². The van der Waals surface area contributed by atoms with Gasteiger partial charge in [0.25, 0.3) is 5.91 Å². The summed E-state index contributed by atoms with van der Waals surface area (Å²) in [7, 11) is 1.80. The zero-order valence-corrected chi connectivity index (χ0v) is 21.3. The SMILES string of the molecule is CC(O)CC#Cc1cc(CN2CCOCC2)cc2c(=O)c(C(=O)NCc3ccc(Cl)cc3)cn(C)c12. The molecule has 1 aliphatic heterocycles. The first-order valence-electron chi connectivity index (χ1n) is 12.0. The highest BCUT2D eigenvalue weighted by Crippen LogP contribution is 2.21. The summed E-state index contributed by atoms with van der Waals surface area (Å²) in [5.74, 6) is 5.72. The van der Waals surface area contributed by atoms with Crippen molar-refractivity contribution in [1.29, 1.82) is 0 Å². The molecule has 1 unspecified atom stereocenters. The molecule has 1 atom stereocenters. The molecule has 4 rings (SSSR count). The van der Waals surface area contributed by atoms with Gasteiger partial charge in [-0.05, 0) is 42.3 Å². The van der Waals surface area contributed by atoms with E-state index in [0.717, 1.165) is 24.2 Å². The van der Waals surface area contributed by atoms with Gasteiger partial charge in [0.2, 0.25) is 5.43 Å². The van der Waals surface area contributed by atoms with Crippen LogP contribution in [0.1, 0.15) is 40.4 Å². The Morgan fingerprint density at radius 3 is 2.61 bits per heavy atom. The second-order valence-corrected chi connectivity index (χ2v) is 9.51. The number of fused-ring (bicyclic) bond motifs is 1. The molecule has 1 aromatic heterocycles. The van der Waals surface area contributed by atoms with Gasteiger partial charge in [0.1, 0.15) is 5.56 Å². The Hall–Kier alpha value is -3.15. The Morgan fingerprint density at radius 1 is 1.19 bits per heavy atom. The van der Waals surface area contributed by atoms with Crippen molar-refractivity contribution >= 4 is 28.4 Å². The minimum absolute atomic E-state index is 0.0744. The molecule has 0 saturated carbocycles. The predicted molar refractivity (Wildman–Crippen MR) is 141 cm³/mol. The van der Waals surface area contributed by atoms with E-state index in [-0.39, 0.29) is 17.5 Å². The van der Waals surface area contributed by atoms with E-state index in [1.54, 1.807) is 36.9 Å². The zero-order chi connectivity index (χ0) is 25.7. The lowest BCUT2D eigenvalue weighted by molar-refractivity contribution is 0.0342. The standard InChI is InChI=1S/C28H30ClN3O4/c1-19(33)4-3-5-22-14-21(17-32-10-12-36-13-11-32)15-24-26(22)31(2)18-25(27(24)34)28(35)30-16-20-6-8-23(29)9-7-20/h6-9,14-15,18-19,33H,4,10-13,16-17H2,1-2H3,(H,30,35). The topological polar surface area (TPSA) is 83.8 Å². The zero-order valence-electron chi connectivity index (χ0n) is 20.5. The van der Waals surface area contributed by atoms with Crippen molar-refractivity contribution in [1.82, 2.24) is 14.8 Å². The van der Waals surface area contributed by atoms with Gasteiger partial charge in [-0.3, -0.25) is 14.5 Å². The summed E-state index contributed by atoms with van der Waals surface area (Å²) in [6.45, 7) is 5.60. The van der Waals surface area contributed by atoms with Gasteiger partial charge in [0.15, 0.2) is 0 Å². The van der Waals surface area contributed by atoms with Crippen LogP contribution in [0.15, 0.2) is 47.4 Å². The summed E-state index contributed by atoms with van der Waals surface area (Å²) in [5.41, 5.74) is 2.93. The Balaban J connectivity index is 1.71. The Morgan fingerprint density at radius 2 is 1.92 bits per heavy atom. The molecule has 3 aromatic rings. The van der Waals surface area contributed by atoms with Crippen molar-refractivity contribution in [3.05, 3.63) is 80.1 Å². The van der Waals surface area contributed by atoms with Crippen molar-refractivity contribution in [2.45, 2.75) is 32.5 Å². The molecule has 1 fully saturated rings. The summed E-state index contributed by atoms with van der Waals surface area (Å²) in [6.07, 6.45) is 1.34. The molecular formula is C28H30ClN3O4. The van der Waals surface area contributed by atoms with Gasteiger partial charge >= 0.3 is 0 Å².